The van der Waals surface area contributed by atoms with Gasteiger partial charge in [-0.1, -0.05) is 30.3 Å². The zero-order chi connectivity index (χ0) is 14.6. The third kappa shape index (κ3) is 3.54. The van der Waals surface area contributed by atoms with Gasteiger partial charge in [-0.25, -0.2) is 0 Å². The highest BCUT2D eigenvalue weighted by Gasteiger charge is 2.38. The van der Waals surface area contributed by atoms with E-state index in [-0.39, 0.29) is 12.3 Å². The topological polar surface area (TPSA) is 66.4 Å². The lowest BCUT2D eigenvalue weighted by Crippen LogP contribution is -2.42. The molecule has 0 saturated carbocycles. The molecule has 4 nitrogen and oxygen atoms in total. The first-order valence-corrected chi connectivity index (χ1v) is 7.71. The predicted molar refractivity (Wildman–Crippen MR) is 79.7 cm³/mol. The van der Waals surface area contributed by atoms with E-state index in [2.05, 4.69) is 5.32 Å². The number of aliphatic carboxylic acids is 1. The second kappa shape index (κ2) is 6.31. The summed E-state index contributed by atoms with van der Waals surface area (Å²) in [5, 5.41) is 11.9. The molecule has 1 amide bonds. The van der Waals surface area contributed by atoms with Crippen molar-refractivity contribution in [3.63, 3.8) is 0 Å². The maximum atomic E-state index is 12.4. The summed E-state index contributed by atoms with van der Waals surface area (Å²) in [6, 6.07) is 8.79. The predicted octanol–water partition coefficient (Wildman–Crippen LogP) is 2.60. The van der Waals surface area contributed by atoms with Crippen LogP contribution in [0.1, 0.15) is 37.8 Å². The summed E-state index contributed by atoms with van der Waals surface area (Å²) in [6.45, 7) is 1.93. The Labute approximate surface area is 123 Å². The average molecular weight is 293 g/mol. The molecule has 2 unspecified atom stereocenters. The average Bonchev–Trinajstić information content (AvgIpc) is 2.87. The van der Waals surface area contributed by atoms with E-state index in [4.69, 9.17) is 5.11 Å². The summed E-state index contributed by atoms with van der Waals surface area (Å²) in [5.41, 5.74) is 0.829. The molecular weight excluding hydrogens is 274 g/mol. The van der Waals surface area contributed by atoms with Crippen LogP contribution in [-0.4, -0.2) is 27.5 Å². The maximum absolute atomic E-state index is 12.4. The molecule has 1 aliphatic heterocycles. The van der Waals surface area contributed by atoms with Crippen LogP contribution in [0.4, 0.5) is 0 Å². The van der Waals surface area contributed by atoms with E-state index in [9.17, 15) is 9.59 Å². The van der Waals surface area contributed by atoms with Crippen molar-refractivity contribution in [3.05, 3.63) is 35.9 Å². The lowest BCUT2D eigenvalue weighted by atomic mass is 10.0. The van der Waals surface area contributed by atoms with Gasteiger partial charge in [0.1, 0.15) is 0 Å². The highest BCUT2D eigenvalue weighted by molar-refractivity contribution is 8.01. The second-order valence-corrected chi connectivity index (χ2v) is 6.82. The van der Waals surface area contributed by atoms with E-state index in [0.29, 0.717) is 0 Å². The Kier molecular flexibility index (Phi) is 4.70. The first-order chi connectivity index (χ1) is 9.51. The molecule has 1 aliphatic rings. The zero-order valence-corrected chi connectivity index (χ0v) is 12.3. The number of carbonyl (C=O) groups is 2. The molecule has 5 heteroatoms. The lowest BCUT2D eigenvalue weighted by Gasteiger charge is -2.26. The van der Waals surface area contributed by atoms with Gasteiger partial charge in [0, 0.05) is 0 Å². The van der Waals surface area contributed by atoms with Gasteiger partial charge in [0.2, 0.25) is 5.91 Å². The second-order valence-electron chi connectivity index (χ2n) is 5.22. The number of thioether (sulfide) groups is 1. The van der Waals surface area contributed by atoms with Crippen LogP contribution in [0.15, 0.2) is 30.3 Å². The van der Waals surface area contributed by atoms with Crippen LogP contribution in [0.5, 0.6) is 0 Å². The van der Waals surface area contributed by atoms with E-state index in [1.54, 1.807) is 11.8 Å². The number of hydrogen-bond donors (Lipinski definition) is 2. The molecule has 0 aromatic heterocycles. The largest absolute Gasteiger partial charge is 0.481 e. The van der Waals surface area contributed by atoms with Crippen molar-refractivity contribution in [2.45, 2.75) is 37.0 Å². The Bertz CT molecular complexity index is 483. The van der Waals surface area contributed by atoms with Crippen LogP contribution >= 0.6 is 11.8 Å². The number of carbonyl (C=O) groups excluding carboxylic acids is 1. The zero-order valence-electron chi connectivity index (χ0n) is 11.5. The van der Waals surface area contributed by atoms with E-state index < -0.39 is 16.8 Å². The van der Waals surface area contributed by atoms with Crippen LogP contribution in [0.2, 0.25) is 0 Å². The SMILES string of the molecule is CC1(C(=O)NC(CC(=O)O)c2ccccc2)CCCS1. The summed E-state index contributed by atoms with van der Waals surface area (Å²) >= 11 is 1.65. The number of rotatable bonds is 5. The molecule has 0 spiro atoms. The number of hydrogen-bond acceptors (Lipinski definition) is 3. The fourth-order valence-corrected chi connectivity index (χ4v) is 3.60. The van der Waals surface area contributed by atoms with Crippen molar-refractivity contribution >= 4 is 23.6 Å². The van der Waals surface area contributed by atoms with Gasteiger partial charge in [0.25, 0.3) is 0 Å². The Balaban J connectivity index is 2.12. The molecule has 2 atom stereocenters. The van der Waals surface area contributed by atoms with Gasteiger partial charge in [-0.05, 0) is 31.1 Å². The quantitative estimate of drug-likeness (QED) is 0.875. The number of benzene rings is 1. The molecular formula is C15H19NO3S. The van der Waals surface area contributed by atoms with E-state index in [1.807, 2.05) is 37.3 Å². The molecule has 108 valence electrons. The monoisotopic (exact) mass is 293 g/mol. The van der Waals surface area contributed by atoms with Crippen LogP contribution < -0.4 is 5.32 Å². The normalized spacial score (nSPS) is 23.2. The summed E-state index contributed by atoms with van der Waals surface area (Å²) < 4.78 is -0.425. The molecule has 1 aromatic rings. The maximum Gasteiger partial charge on any atom is 0.305 e. The van der Waals surface area contributed by atoms with Crippen LogP contribution in [0.3, 0.4) is 0 Å². The Morgan fingerprint density at radius 1 is 1.40 bits per heavy atom. The highest BCUT2D eigenvalue weighted by atomic mass is 32.2. The molecule has 1 fully saturated rings. The number of nitrogens with one attached hydrogen (secondary N) is 1. The number of carboxylic acid groups (broad SMARTS) is 1. The van der Waals surface area contributed by atoms with Gasteiger partial charge in [-0.15, -0.1) is 11.8 Å². The fraction of sp³-hybridized carbons (Fsp3) is 0.467. The van der Waals surface area contributed by atoms with E-state index >= 15 is 0 Å². The first kappa shape index (κ1) is 14.9. The van der Waals surface area contributed by atoms with Crippen molar-refractivity contribution in [3.8, 4) is 0 Å². The molecule has 1 aromatic carbocycles. The minimum atomic E-state index is -0.914. The Hall–Kier alpha value is -1.49. The van der Waals surface area contributed by atoms with Gasteiger partial charge in [-0.2, -0.15) is 0 Å². The molecule has 1 heterocycles. The Morgan fingerprint density at radius 3 is 2.65 bits per heavy atom. The molecule has 0 bridgehead atoms. The smallest absolute Gasteiger partial charge is 0.305 e. The summed E-state index contributed by atoms with van der Waals surface area (Å²) in [5.74, 6) is 0.0113. The molecule has 2 rings (SSSR count). The minimum absolute atomic E-state index is 0.0601. The van der Waals surface area contributed by atoms with Crippen LogP contribution in [0.25, 0.3) is 0 Å². The molecule has 2 N–H and O–H groups in total. The summed E-state index contributed by atoms with van der Waals surface area (Å²) in [7, 11) is 0. The van der Waals surface area contributed by atoms with Crippen molar-refractivity contribution in [2.24, 2.45) is 0 Å². The van der Waals surface area contributed by atoms with Gasteiger partial charge < -0.3 is 10.4 Å². The fourth-order valence-electron chi connectivity index (χ4n) is 2.38. The van der Waals surface area contributed by atoms with Crippen molar-refractivity contribution in [1.82, 2.24) is 5.32 Å². The number of carboxylic acids is 1. The third-order valence-corrected chi connectivity index (χ3v) is 5.10. The van der Waals surface area contributed by atoms with E-state index in [0.717, 1.165) is 24.2 Å². The van der Waals surface area contributed by atoms with E-state index in [1.165, 1.54) is 0 Å². The summed E-state index contributed by atoms with van der Waals surface area (Å²) in [4.78, 5) is 23.4. The van der Waals surface area contributed by atoms with Crippen molar-refractivity contribution in [1.29, 1.82) is 0 Å². The Morgan fingerprint density at radius 2 is 2.10 bits per heavy atom. The van der Waals surface area contributed by atoms with Gasteiger partial charge >= 0.3 is 5.97 Å². The van der Waals surface area contributed by atoms with Crippen LogP contribution in [0, 0.1) is 0 Å². The standard InChI is InChI=1S/C15H19NO3S/c1-15(8-5-9-20-15)14(19)16-12(10-13(17)18)11-6-3-2-4-7-11/h2-4,6-7,12H,5,8-10H2,1H3,(H,16,19)(H,17,18). The molecule has 0 radical (unpaired) electrons. The van der Waals surface area contributed by atoms with Crippen molar-refractivity contribution in [2.75, 3.05) is 5.75 Å². The molecule has 20 heavy (non-hydrogen) atoms. The van der Waals surface area contributed by atoms with Gasteiger partial charge in [0.05, 0.1) is 17.2 Å². The molecule has 0 aliphatic carbocycles. The minimum Gasteiger partial charge on any atom is -0.481 e. The summed E-state index contributed by atoms with van der Waals surface area (Å²) in [6.07, 6.45) is 1.78. The highest BCUT2D eigenvalue weighted by Crippen LogP contribution is 2.38. The van der Waals surface area contributed by atoms with Crippen LogP contribution in [-0.2, 0) is 9.59 Å². The number of amides is 1. The molecule has 1 saturated heterocycles. The van der Waals surface area contributed by atoms with Gasteiger partial charge in [-0.3, -0.25) is 9.59 Å². The lowest BCUT2D eigenvalue weighted by molar-refractivity contribution is -0.137. The third-order valence-electron chi connectivity index (χ3n) is 3.59. The first-order valence-electron chi connectivity index (χ1n) is 6.73. The van der Waals surface area contributed by atoms with Crippen molar-refractivity contribution < 1.29 is 14.7 Å². The van der Waals surface area contributed by atoms with Gasteiger partial charge in [0.15, 0.2) is 0 Å².